The second-order valence-electron chi connectivity index (χ2n) is 3.93. The van der Waals surface area contributed by atoms with Gasteiger partial charge in [-0.1, -0.05) is 21.1 Å². The fourth-order valence-corrected chi connectivity index (χ4v) is 2.24. The highest BCUT2D eigenvalue weighted by Gasteiger charge is 2.09. The molecule has 0 spiro atoms. The third-order valence-electron chi connectivity index (χ3n) is 2.41. The first kappa shape index (κ1) is 12.8. The number of hydrogen-bond donors (Lipinski definition) is 0. The summed E-state index contributed by atoms with van der Waals surface area (Å²) < 4.78 is 8.11. The van der Waals surface area contributed by atoms with Crippen LogP contribution in [-0.4, -0.2) is 21.3 Å². The molecule has 0 amide bonds. The second-order valence-corrected chi connectivity index (χ2v) is 4.85. The summed E-state index contributed by atoms with van der Waals surface area (Å²) in [6, 6.07) is 3.63. The largest absolute Gasteiger partial charge is 0.486 e. The number of aryl methyl sites for hydroxylation is 2. The van der Waals surface area contributed by atoms with Crippen molar-refractivity contribution in [1.82, 2.24) is 15.0 Å². The minimum absolute atomic E-state index is 0.289. The number of benzene rings is 1. The van der Waals surface area contributed by atoms with Crippen molar-refractivity contribution in [3.8, 4) is 5.75 Å². The maximum absolute atomic E-state index is 11.0. The molecule has 0 bridgehead atoms. The zero-order chi connectivity index (χ0) is 13.1. The molecule has 0 aliphatic heterocycles. The molecular formula is C12H12BrN3O2. The van der Waals surface area contributed by atoms with E-state index in [2.05, 4.69) is 26.2 Å². The van der Waals surface area contributed by atoms with Crippen LogP contribution >= 0.6 is 15.9 Å². The molecule has 0 atom stereocenters. The summed E-state index contributed by atoms with van der Waals surface area (Å²) >= 11 is 3.35. The van der Waals surface area contributed by atoms with Crippen molar-refractivity contribution >= 4 is 22.2 Å². The Labute approximate surface area is 113 Å². The van der Waals surface area contributed by atoms with Gasteiger partial charge in [-0.15, -0.1) is 5.10 Å². The lowest BCUT2D eigenvalue weighted by Gasteiger charge is -2.10. The highest BCUT2D eigenvalue weighted by molar-refractivity contribution is 9.10. The molecule has 2 rings (SSSR count). The van der Waals surface area contributed by atoms with Gasteiger partial charge in [-0.05, 0) is 24.6 Å². The molecule has 1 aromatic carbocycles. The first-order valence-electron chi connectivity index (χ1n) is 5.33. The van der Waals surface area contributed by atoms with Gasteiger partial charge in [-0.2, -0.15) is 0 Å². The van der Waals surface area contributed by atoms with Crippen LogP contribution in [0.4, 0.5) is 0 Å². The van der Waals surface area contributed by atoms with Crippen molar-refractivity contribution in [2.45, 2.75) is 13.5 Å². The van der Waals surface area contributed by atoms with Crippen LogP contribution < -0.4 is 4.74 Å². The predicted octanol–water partition coefficient (Wildman–Crippen LogP) is 2.28. The van der Waals surface area contributed by atoms with Crippen molar-refractivity contribution in [1.29, 1.82) is 0 Å². The molecule has 0 unspecified atom stereocenters. The van der Waals surface area contributed by atoms with Gasteiger partial charge in [0, 0.05) is 11.5 Å². The maximum Gasteiger partial charge on any atom is 0.153 e. The Morgan fingerprint density at radius 2 is 2.28 bits per heavy atom. The van der Waals surface area contributed by atoms with E-state index in [4.69, 9.17) is 4.74 Å². The lowest BCUT2D eigenvalue weighted by Crippen LogP contribution is -2.01. The fourth-order valence-electron chi connectivity index (χ4n) is 1.65. The number of rotatable bonds is 4. The molecule has 94 valence electrons. The molecule has 18 heavy (non-hydrogen) atoms. The van der Waals surface area contributed by atoms with E-state index in [0.717, 1.165) is 22.0 Å². The fraction of sp³-hybridized carbons (Fsp3) is 0.250. The minimum Gasteiger partial charge on any atom is -0.486 e. The van der Waals surface area contributed by atoms with Gasteiger partial charge < -0.3 is 4.74 Å². The summed E-state index contributed by atoms with van der Waals surface area (Å²) in [5.41, 5.74) is 2.14. The summed E-state index contributed by atoms with van der Waals surface area (Å²) in [6.07, 6.45) is 2.55. The van der Waals surface area contributed by atoms with E-state index in [1.54, 1.807) is 24.0 Å². The quantitative estimate of drug-likeness (QED) is 0.813. The highest BCUT2D eigenvalue weighted by Crippen LogP contribution is 2.27. The van der Waals surface area contributed by atoms with E-state index >= 15 is 0 Å². The first-order chi connectivity index (χ1) is 8.60. The van der Waals surface area contributed by atoms with Crippen LogP contribution in [0.15, 0.2) is 22.8 Å². The summed E-state index contributed by atoms with van der Waals surface area (Å²) in [5, 5.41) is 7.74. The molecule has 1 heterocycles. The van der Waals surface area contributed by atoms with Gasteiger partial charge in [-0.25, -0.2) is 0 Å². The smallest absolute Gasteiger partial charge is 0.153 e. The molecule has 2 aromatic rings. The van der Waals surface area contributed by atoms with Crippen LogP contribution in [0.25, 0.3) is 0 Å². The second kappa shape index (κ2) is 5.30. The average Bonchev–Trinajstić information content (AvgIpc) is 2.73. The van der Waals surface area contributed by atoms with Crippen LogP contribution in [0.5, 0.6) is 5.75 Å². The molecule has 0 saturated heterocycles. The van der Waals surface area contributed by atoms with Crippen molar-refractivity contribution in [2.24, 2.45) is 7.05 Å². The Morgan fingerprint density at radius 3 is 2.89 bits per heavy atom. The minimum atomic E-state index is 0.289. The Hall–Kier alpha value is -1.69. The average molecular weight is 310 g/mol. The molecule has 0 N–H and O–H groups in total. The molecule has 1 aromatic heterocycles. The van der Waals surface area contributed by atoms with Gasteiger partial charge in [0.2, 0.25) is 0 Å². The Morgan fingerprint density at radius 1 is 1.50 bits per heavy atom. The summed E-state index contributed by atoms with van der Waals surface area (Å²) in [7, 11) is 1.79. The summed E-state index contributed by atoms with van der Waals surface area (Å²) in [4.78, 5) is 11.0. The van der Waals surface area contributed by atoms with Crippen LogP contribution in [-0.2, 0) is 13.7 Å². The van der Waals surface area contributed by atoms with Gasteiger partial charge in [0.05, 0.1) is 11.8 Å². The molecule has 0 fully saturated rings. The van der Waals surface area contributed by atoms with E-state index in [9.17, 15) is 4.79 Å². The lowest BCUT2D eigenvalue weighted by molar-refractivity contribution is 0.111. The molecule has 0 aliphatic rings. The van der Waals surface area contributed by atoms with Crippen molar-refractivity contribution in [2.75, 3.05) is 0 Å². The van der Waals surface area contributed by atoms with Crippen molar-refractivity contribution < 1.29 is 9.53 Å². The molecule has 0 saturated carbocycles. The first-order valence-corrected chi connectivity index (χ1v) is 6.13. The molecular weight excluding hydrogens is 298 g/mol. The maximum atomic E-state index is 11.0. The number of carbonyl (C=O) groups excluding carboxylic acids is 1. The highest BCUT2D eigenvalue weighted by atomic mass is 79.9. The van der Waals surface area contributed by atoms with Gasteiger partial charge in [0.25, 0.3) is 0 Å². The molecule has 6 heteroatoms. The number of nitrogens with zero attached hydrogens (tertiary/aromatic N) is 3. The number of hydrogen-bond acceptors (Lipinski definition) is 4. The zero-order valence-electron chi connectivity index (χ0n) is 10.1. The van der Waals surface area contributed by atoms with Crippen LogP contribution in [0.2, 0.25) is 0 Å². The topological polar surface area (TPSA) is 57.0 Å². The van der Waals surface area contributed by atoms with E-state index < -0.39 is 0 Å². The number of aldehydes is 1. The standard InChI is InChI=1S/C12H12BrN3O2/c1-8-3-10(13)4-9(6-17)12(8)18-7-11-5-16(2)15-14-11/h3-6H,7H2,1-2H3. The molecule has 5 nitrogen and oxygen atoms in total. The third-order valence-corrected chi connectivity index (χ3v) is 2.87. The number of aromatic nitrogens is 3. The van der Waals surface area contributed by atoms with E-state index in [1.807, 2.05) is 13.0 Å². The van der Waals surface area contributed by atoms with Gasteiger partial charge in [0.1, 0.15) is 18.1 Å². The number of halogens is 1. The third kappa shape index (κ3) is 2.76. The van der Waals surface area contributed by atoms with Crippen molar-refractivity contribution in [3.63, 3.8) is 0 Å². The Balaban J connectivity index is 2.20. The van der Waals surface area contributed by atoms with E-state index in [-0.39, 0.29) is 6.61 Å². The normalized spacial score (nSPS) is 10.4. The summed E-state index contributed by atoms with van der Waals surface area (Å²) in [5.74, 6) is 0.582. The van der Waals surface area contributed by atoms with E-state index in [1.165, 1.54) is 0 Å². The molecule has 0 aliphatic carbocycles. The van der Waals surface area contributed by atoms with Crippen LogP contribution in [0.3, 0.4) is 0 Å². The lowest BCUT2D eigenvalue weighted by atomic mass is 10.1. The number of ether oxygens (including phenoxy) is 1. The SMILES string of the molecule is Cc1cc(Br)cc(C=O)c1OCc1cn(C)nn1. The zero-order valence-corrected chi connectivity index (χ0v) is 11.6. The van der Waals surface area contributed by atoms with Gasteiger partial charge in [-0.3, -0.25) is 9.48 Å². The Bertz CT molecular complexity index is 581. The van der Waals surface area contributed by atoms with Gasteiger partial charge >= 0.3 is 0 Å². The van der Waals surface area contributed by atoms with Crippen molar-refractivity contribution in [3.05, 3.63) is 39.6 Å². The predicted molar refractivity (Wildman–Crippen MR) is 69.6 cm³/mol. The Kier molecular flexibility index (Phi) is 3.76. The van der Waals surface area contributed by atoms with E-state index in [0.29, 0.717) is 11.3 Å². The summed E-state index contributed by atoms with van der Waals surface area (Å²) in [6.45, 7) is 2.18. The molecule has 0 radical (unpaired) electrons. The number of carbonyl (C=O) groups is 1. The van der Waals surface area contributed by atoms with Crippen LogP contribution in [0.1, 0.15) is 21.6 Å². The van der Waals surface area contributed by atoms with Gasteiger partial charge in [0.15, 0.2) is 6.29 Å². The van der Waals surface area contributed by atoms with Crippen LogP contribution in [0, 0.1) is 6.92 Å². The monoisotopic (exact) mass is 309 g/mol.